The van der Waals surface area contributed by atoms with E-state index in [0.29, 0.717) is 24.9 Å². The highest BCUT2D eigenvalue weighted by Crippen LogP contribution is 2.29. The molecule has 2 unspecified atom stereocenters. The largest absolute Gasteiger partial charge is 0.459 e. The van der Waals surface area contributed by atoms with Crippen LogP contribution in [-0.2, 0) is 0 Å². The van der Waals surface area contributed by atoms with Crippen molar-refractivity contribution in [1.29, 1.82) is 0 Å². The van der Waals surface area contributed by atoms with Gasteiger partial charge in [-0.05, 0) is 51.3 Å². The van der Waals surface area contributed by atoms with Crippen LogP contribution >= 0.6 is 11.8 Å². The molecule has 146 valence electrons. The normalized spacial score (nSPS) is 20.2. The van der Waals surface area contributed by atoms with Crippen LogP contribution in [0.2, 0.25) is 0 Å². The third-order valence-electron chi connectivity index (χ3n) is 4.43. The number of nitrogens with zero attached hydrogens (tertiary/aromatic N) is 1. The number of carbonyl (C=O) groups is 1. The molecule has 6 nitrogen and oxygen atoms in total. The van der Waals surface area contributed by atoms with Crippen molar-refractivity contribution in [3.05, 3.63) is 23.7 Å². The number of nitrogens with one attached hydrogen (secondary N) is 3. The molecule has 0 aliphatic heterocycles. The first-order chi connectivity index (χ1) is 12.6. The molecule has 2 rings (SSSR count). The van der Waals surface area contributed by atoms with Gasteiger partial charge in [0, 0.05) is 36.5 Å². The lowest BCUT2D eigenvalue weighted by atomic mass is 10.2. The van der Waals surface area contributed by atoms with Crippen molar-refractivity contribution in [3.8, 4) is 0 Å². The number of aliphatic imine (C=N–C) groups is 1. The molecule has 1 aromatic heterocycles. The number of rotatable bonds is 9. The summed E-state index contributed by atoms with van der Waals surface area (Å²) in [6.07, 6.45) is 6.03. The van der Waals surface area contributed by atoms with Crippen molar-refractivity contribution in [1.82, 2.24) is 16.0 Å². The third-order valence-corrected chi connectivity index (χ3v) is 5.66. The van der Waals surface area contributed by atoms with Crippen LogP contribution in [0.25, 0.3) is 0 Å². The Morgan fingerprint density at radius 2 is 2.19 bits per heavy atom. The van der Waals surface area contributed by atoms with E-state index in [4.69, 9.17) is 4.42 Å². The fourth-order valence-corrected chi connectivity index (χ4v) is 4.27. The quantitative estimate of drug-likeness (QED) is 0.349. The minimum absolute atomic E-state index is 0.160. The summed E-state index contributed by atoms with van der Waals surface area (Å²) in [6, 6.07) is 2.30. The molecule has 1 aliphatic rings. The first-order valence-electron chi connectivity index (χ1n) is 9.62. The zero-order valence-corrected chi connectivity index (χ0v) is 17.0. The number of aryl methyl sites for hydroxylation is 1. The first kappa shape index (κ1) is 20.7. The average molecular weight is 381 g/mol. The van der Waals surface area contributed by atoms with Crippen molar-refractivity contribution < 1.29 is 9.21 Å². The van der Waals surface area contributed by atoms with Crippen LogP contribution in [-0.4, -0.2) is 48.5 Å². The van der Waals surface area contributed by atoms with Crippen molar-refractivity contribution in [2.45, 2.75) is 57.7 Å². The Balaban J connectivity index is 1.70. The number of hydrogen-bond acceptors (Lipinski definition) is 4. The number of hydrogen-bond donors (Lipinski definition) is 3. The van der Waals surface area contributed by atoms with Crippen molar-refractivity contribution in [3.63, 3.8) is 0 Å². The van der Waals surface area contributed by atoms with E-state index in [1.807, 2.05) is 6.92 Å². The van der Waals surface area contributed by atoms with Crippen molar-refractivity contribution >= 4 is 23.6 Å². The van der Waals surface area contributed by atoms with Gasteiger partial charge in [-0.3, -0.25) is 9.79 Å². The van der Waals surface area contributed by atoms with Gasteiger partial charge in [0.25, 0.3) is 5.91 Å². The molecule has 1 fully saturated rings. The Morgan fingerprint density at radius 3 is 2.88 bits per heavy atom. The van der Waals surface area contributed by atoms with E-state index in [1.54, 1.807) is 6.07 Å². The highest BCUT2D eigenvalue weighted by molar-refractivity contribution is 7.99. The van der Waals surface area contributed by atoms with Crippen LogP contribution in [0, 0.1) is 6.92 Å². The Kier molecular flexibility index (Phi) is 8.88. The van der Waals surface area contributed by atoms with Gasteiger partial charge >= 0.3 is 0 Å². The van der Waals surface area contributed by atoms with Gasteiger partial charge in [-0.25, -0.2) is 0 Å². The minimum atomic E-state index is -0.160. The summed E-state index contributed by atoms with van der Waals surface area (Å²) in [6.45, 7) is 8.27. The molecule has 7 heteroatoms. The molecular weight excluding hydrogens is 348 g/mol. The standard InChI is InChI=1S/C19H32N4O2S/c1-4-20-19(23-15-7-8-16(13-15)26-5-2)22-11-6-10-21-18(24)17-14(3)9-12-25-17/h9,12,15-16H,4-8,10-11,13H2,1-3H3,(H,21,24)(H2,20,22,23). The second kappa shape index (κ2) is 11.2. The summed E-state index contributed by atoms with van der Waals surface area (Å²) >= 11 is 2.06. The number of guanidine groups is 1. The van der Waals surface area contributed by atoms with Crippen LogP contribution in [0.4, 0.5) is 0 Å². The zero-order valence-electron chi connectivity index (χ0n) is 16.1. The number of amides is 1. The lowest BCUT2D eigenvalue weighted by Gasteiger charge is -2.17. The molecule has 3 N–H and O–H groups in total. The number of thioether (sulfide) groups is 1. The summed E-state index contributed by atoms with van der Waals surface area (Å²) in [5, 5.41) is 10.5. The van der Waals surface area contributed by atoms with Gasteiger partial charge < -0.3 is 20.4 Å². The molecular formula is C19H32N4O2S. The van der Waals surface area contributed by atoms with E-state index in [9.17, 15) is 4.79 Å². The molecule has 1 aromatic rings. The van der Waals surface area contributed by atoms with Crippen LogP contribution in [0.3, 0.4) is 0 Å². The maximum Gasteiger partial charge on any atom is 0.287 e. The molecule has 0 aromatic carbocycles. The van der Waals surface area contributed by atoms with Gasteiger partial charge in [-0.15, -0.1) is 0 Å². The van der Waals surface area contributed by atoms with Gasteiger partial charge in [0.2, 0.25) is 0 Å². The maximum atomic E-state index is 12.0. The fraction of sp³-hybridized carbons (Fsp3) is 0.684. The second-order valence-electron chi connectivity index (χ2n) is 6.53. The van der Waals surface area contributed by atoms with Gasteiger partial charge in [-0.1, -0.05) is 6.92 Å². The molecule has 2 atom stereocenters. The molecule has 26 heavy (non-hydrogen) atoms. The summed E-state index contributed by atoms with van der Waals surface area (Å²) < 4.78 is 5.19. The summed E-state index contributed by atoms with van der Waals surface area (Å²) in [5.41, 5.74) is 0.857. The van der Waals surface area contributed by atoms with Crippen LogP contribution < -0.4 is 16.0 Å². The van der Waals surface area contributed by atoms with Crippen LogP contribution in [0.15, 0.2) is 21.7 Å². The molecule has 0 spiro atoms. The van der Waals surface area contributed by atoms with E-state index in [2.05, 4.69) is 46.6 Å². The first-order valence-corrected chi connectivity index (χ1v) is 10.7. The third kappa shape index (κ3) is 6.59. The SMILES string of the molecule is CCNC(=NCCCNC(=O)c1occc1C)NC1CCC(SCC)C1. The number of carbonyl (C=O) groups excluding carboxylic acids is 1. The fourth-order valence-electron chi connectivity index (χ4n) is 3.13. The Labute approximate surface area is 161 Å². The minimum Gasteiger partial charge on any atom is -0.459 e. The van der Waals surface area contributed by atoms with Gasteiger partial charge in [0.05, 0.1) is 6.26 Å². The van der Waals surface area contributed by atoms with E-state index in [0.717, 1.165) is 29.7 Å². The zero-order chi connectivity index (χ0) is 18.8. The lowest BCUT2D eigenvalue weighted by molar-refractivity contribution is 0.0925. The molecule has 1 saturated carbocycles. The predicted molar refractivity (Wildman–Crippen MR) is 109 cm³/mol. The Bertz CT molecular complexity index is 588. The molecule has 1 aliphatic carbocycles. The predicted octanol–water partition coefficient (Wildman–Crippen LogP) is 2.94. The Morgan fingerprint density at radius 1 is 1.35 bits per heavy atom. The summed E-state index contributed by atoms with van der Waals surface area (Å²) in [7, 11) is 0. The topological polar surface area (TPSA) is 78.7 Å². The van der Waals surface area contributed by atoms with E-state index in [1.165, 1.54) is 31.3 Å². The smallest absolute Gasteiger partial charge is 0.287 e. The molecule has 0 saturated heterocycles. The highest BCUT2D eigenvalue weighted by Gasteiger charge is 2.25. The van der Waals surface area contributed by atoms with E-state index in [-0.39, 0.29) is 5.91 Å². The Hall–Kier alpha value is -1.63. The van der Waals surface area contributed by atoms with E-state index >= 15 is 0 Å². The summed E-state index contributed by atoms with van der Waals surface area (Å²) in [4.78, 5) is 16.6. The average Bonchev–Trinajstić information content (AvgIpc) is 3.24. The monoisotopic (exact) mass is 380 g/mol. The van der Waals surface area contributed by atoms with E-state index < -0.39 is 0 Å². The highest BCUT2D eigenvalue weighted by atomic mass is 32.2. The second-order valence-corrected chi connectivity index (χ2v) is 8.11. The maximum absolute atomic E-state index is 12.0. The van der Waals surface area contributed by atoms with Gasteiger partial charge in [-0.2, -0.15) is 11.8 Å². The van der Waals surface area contributed by atoms with Gasteiger partial charge in [0.15, 0.2) is 11.7 Å². The molecule has 0 bridgehead atoms. The molecule has 1 heterocycles. The van der Waals surface area contributed by atoms with Crippen LogP contribution in [0.5, 0.6) is 0 Å². The molecule has 0 radical (unpaired) electrons. The number of furan rings is 1. The van der Waals surface area contributed by atoms with Gasteiger partial charge in [0.1, 0.15) is 0 Å². The molecule has 1 amide bonds. The lowest BCUT2D eigenvalue weighted by Crippen LogP contribution is -2.42. The summed E-state index contributed by atoms with van der Waals surface area (Å²) in [5.74, 6) is 2.30. The van der Waals surface area contributed by atoms with Crippen LogP contribution in [0.1, 0.15) is 55.6 Å². The van der Waals surface area contributed by atoms with Crippen molar-refractivity contribution in [2.75, 3.05) is 25.4 Å². The van der Waals surface area contributed by atoms with Crippen molar-refractivity contribution in [2.24, 2.45) is 4.99 Å².